The zero-order valence-electron chi connectivity index (χ0n) is 36.3. The van der Waals surface area contributed by atoms with Crippen molar-refractivity contribution in [2.24, 2.45) is 0 Å². The predicted octanol–water partition coefficient (Wildman–Crippen LogP) is 12.3. The summed E-state index contributed by atoms with van der Waals surface area (Å²) in [5.74, 6) is -1.03. The molecule has 11 heteroatoms. The van der Waals surface area contributed by atoms with Crippen molar-refractivity contribution in [3.63, 3.8) is 0 Å². The van der Waals surface area contributed by atoms with E-state index in [2.05, 4.69) is 50.3 Å². The molecular formula is C46H85O10P. The number of phosphoric ester groups is 1. The van der Waals surface area contributed by atoms with E-state index in [1.807, 2.05) is 0 Å². The summed E-state index contributed by atoms with van der Waals surface area (Å²) in [4.78, 5) is 34.6. The first-order valence-corrected chi connectivity index (χ1v) is 24.4. The molecule has 0 aliphatic carbocycles. The summed E-state index contributed by atoms with van der Waals surface area (Å²) in [5.41, 5.74) is 0. The summed E-state index contributed by atoms with van der Waals surface area (Å²) < 4.78 is 32.6. The standard InChI is InChI=1S/C46H85O10P/c1-3-5-7-9-11-13-15-17-19-21-22-24-26-28-30-32-34-36-38-46(50)56-44(40-48)42-54-57(51,52)53-41-43(39-47)55-45(49)37-35-33-31-29-27-25-23-20-18-16-14-12-10-8-6-4-2/h14,16,19-21,23,43-44,47-48H,3-13,15,17-18,22,24-42H2,1-2H3,(H,51,52)/b16-14-,21-19-,23-20-. The van der Waals surface area contributed by atoms with Gasteiger partial charge in [-0.05, 0) is 70.6 Å². The Morgan fingerprint density at radius 3 is 1.12 bits per heavy atom. The molecule has 0 bridgehead atoms. The number of rotatable bonds is 43. The van der Waals surface area contributed by atoms with E-state index in [1.54, 1.807) is 0 Å². The first-order chi connectivity index (χ1) is 27.8. The molecule has 0 heterocycles. The zero-order valence-corrected chi connectivity index (χ0v) is 37.2. The van der Waals surface area contributed by atoms with Gasteiger partial charge in [0.05, 0.1) is 26.4 Å². The minimum absolute atomic E-state index is 0.176. The molecule has 3 atom stereocenters. The SMILES string of the molecule is CCCCCC/C=C\C/C=C\CCCCCCCC(=O)OC(CO)COP(=O)(O)OCC(CO)OC(=O)CCCCCCCCC/C=C\CCCCCCCCC. The van der Waals surface area contributed by atoms with Crippen LogP contribution in [0.4, 0.5) is 0 Å². The summed E-state index contributed by atoms with van der Waals surface area (Å²) in [6.45, 7) is 2.18. The van der Waals surface area contributed by atoms with Gasteiger partial charge in [0.15, 0.2) is 0 Å². The van der Waals surface area contributed by atoms with Gasteiger partial charge in [0.1, 0.15) is 12.2 Å². The van der Waals surface area contributed by atoms with Gasteiger partial charge in [-0.15, -0.1) is 0 Å². The second kappa shape index (κ2) is 42.3. The Bertz CT molecular complexity index is 1050. The summed E-state index contributed by atoms with van der Waals surface area (Å²) in [6.07, 6.45) is 44.0. The first kappa shape index (κ1) is 55.2. The third kappa shape index (κ3) is 40.7. The second-order valence-electron chi connectivity index (χ2n) is 15.4. The van der Waals surface area contributed by atoms with Crippen LogP contribution in [0, 0.1) is 0 Å². The van der Waals surface area contributed by atoms with Crippen LogP contribution in [0.25, 0.3) is 0 Å². The number of aliphatic hydroxyl groups is 2. The van der Waals surface area contributed by atoms with E-state index in [0.29, 0.717) is 12.8 Å². The minimum Gasteiger partial charge on any atom is -0.457 e. The molecule has 0 rings (SSSR count). The first-order valence-electron chi connectivity index (χ1n) is 22.9. The highest BCUT2D eigenvalue weighted by Gasteiger charge is 2.27. The van der Waals surface area contributed by atoms with Crippen LogP contribution in [-0.4, -0.2) is 65.7 Å². The lowest BCUT2D eigenvalue weighted by Crippen LogP contribution is -2.28. The number of esters is 2. The van der Waals surface area contributed by atoms with Gasteiger partial charge in [0, 0.05) is 12.8 Å². The Hall–Kier alpha value is -1.81. The summed E-state index contributed by atoms with van der Waals surface area (Å²) in [5, 5.41) is 19.2. The van der Waals surface area contributed by atoms with Crippen LogP contribution in [0.15, 0.2) is 36.5 Å². The molecule has 0 spiro atoms. The fourth-order valence-corrected chi connectivity index (χ4v) is 7.04. The van der Waals surface area contributed by atoms with E-state index >= 15 is 0 Å². The van der Waals surface area contributed by atoms with Crippen molar-refractivity contribution < 1.29 is 47.8 Å². The lowest BCUT2D eigenvalue weighted by molar-refractivity contribution is -0.153. The molecule has 0 amide bonds. The van der Waals surface area contributed by atoms with Gasteiger partial charge >= 0.3 is 19.8 Å². The predicted molar refractivity (Wildman–Crippen MR) is 233 cm³/mol. The highest BCUT2D eigenvalue weighted by atomic mass is 31.2. The maximum atomic E-state index is 12.4. The second-order valence-corrected chi connectivity index (χ2v) is 16.8. The number of unbranched alkanes of at least 4 members (excludes halogenated alkanes) is 23. The summed E-state index contributed by atoms with van der Waals surface area (Å²) in [6, 6.07) is 0. The molecule has 10 nitrogen and oxygen atoms in total. The average molecular weight is 829 g/mol. The van der Waals surface area contributed by atoms with Crippen molar-refractivity contribution in [3.05, 3.63) is 36.5 Å². The lowest BCUT2D eigenvalue weighted by Gasteiger charge is -2.20. The number of hydrogen-bond acceptors (Lipinski definition) is 9. The topological polar surface area (TPSA) is 149 Å². The molecule has 0 saturated heterocycles. The number of phosphoric acid groups is 1. The fraction of sp³-hybridized carbons (Fsp3) is 0.826. The Labute approximate surface area is 348 Å². The molecule has 0 aliphatic heterocycles. The zero-order chi connectivity index (χ0) is 41.9. The molecule has 3 N–H and O–H groups in total. The van der Waals surface area contributed by atoms with Crippen molar-refractivity contribution in [2.45, 2.75) is 219 Å². The molecule has 0 aromatic carbocycles. The van der Waals surface area contributed by atoms with Gasteiger partial charge in [-0.25, -0.2) is 4.57 Å². The maximum absolute atomic E-state index is 12.4. The van der Waals surface area contributed by atoms with Crippen LogP contribution in [0.1, 0.15) is 206 Å². The third-order valence-corrected chi connectivity index (χ3v) is 10.8. The Morgan fingerprint density at radius 2 is 0.772 bits per heavy atom. The molecule has 3 unspecified atom stereocenters. The van der Waals surface area contributed by atoms with Crippen LogP contribution < -0.4 is 0 Å². The largest absolute Gasteiger partial charge is 0.472 e. The molecule has 0 aromatic rings. The minimum atomic E-state index is -4.64. The van der Waals surface area contributed by atoms with Crippen LogP contribution in [-0.2, 0) is 32.7 Å². The number of hydrogen-bond donors (Lipinski definition) is 3. The van der Waals surface area contributed by atoms with Crippen molar-refractivity contribution in [1.82, 2.24) is 0 Å². The highest BCUT2D eigenvalue weighted by Crippen LogP contribution is 2.43. The smallest absolute Gasteiger partial charge is 0.457 e. The van der Waals surface area contributed by atoms with Gasteiger partial charge in [-0.3, -0.25) is 18.6 Å². The van der Waals surface area contributed by atoms with Gasteiger partial charge in [0.25, 0.3) is 0 Å². The van der Waals surface area contributed by atoms with Gasteiger partial charge in [-0.2, -0.15) is 0 Å². The third-order valence-electron chi connectivity index (χ3n) is 9.82. The van der Waals surface area contributed by atoms with Gasteiger partial charge in [-0.1, -0.05) is 159 Å². The van der Waals surface area contributed by atoms with Crippen molar-refractivity contribution in [3.8, 4) is 0 Å². The Kier molecular flexibility index (Phi) is 41.0. The molecule has 0 saturated carbocycles. The van der Waals surface area contributed by atoms with Gasteiger partial charge in [0.2, 0.25) is 0 Å². The molecule has 334 valence electrons. The van der Waals surface area contributed by atoms with Crippen LogP contribution in [0.5, 0.6) is 0 Å². The molecule has 0 aliphatic rings. The fourth-order valence-electron chi connectivity index (χ4n) is 6.26. The number of ether oxygens (including phenoxy) is 2. The van der Waals surface area contributed by atoms with E-state index in [9.17, 15) is 29.3 Å². The Morgan fingerprint density at radius 1 is 0.474 bits per heavy atom. The molecule has 57 heavy (non-hydrogen) atoms. The highest BCUT2D eigenvalue weighted by molar-refractivity contribution is 7.47. The molecule has 0 radical (unpaired) electrons. The van der Waals surface area contributed by atoms with Gasteiger partial charge < -0.3 is 24.6 Å². The normalized spacial score (nSPS) is 14.1. The van der Waals surface area contributed by atoms with E-state index < -0.39 is 58.4 Å². The average Bonchev–Trinajstić information content (AvgIpc) is 3.20. The van der Waals surface area contributed by atoms with Crippen LogP contribution in [0.3, 0.4) is 0 Å². The Balaban J connectivity index is 3.92. The summed E-state index contributed by atoms with van der Waals surface area (Å²) in [7, 11) is -4.64. The number of aliphatic hydroxyl groups excluding tert-OH is 2. The van der Waals surface area contributed by atoms with Crippen LogP contribution >= 0.6 is 7.82 Å². The van der Waals surface area contributed by atoms with Crippen molar-refractivity contribution in [2.75, 3.05) is 26.4 Å². The quantitative estimate of drug-likeness (QED) is 0.0235. The van der Waals surface area contributed by atoms with E-state index in [0.717, 1.165) is 64.2 Å². The van der Waals surface area contributed by atoms with E-state index in [4.69, 9.17) is 18.5 Å². The number of carbonyl (C=O) groups is 2. The van der Waals surface area contributed by atoms with Crippen molar-refractivity contribution >= 4 is 19.8 Å². The van der Waals surface area contributed by atoms with Crippen LogP contribution in [0.2, 0.25) is 0 Å². The molecule has 0 aromatic heterocycles. The number of carbonyl (C=O) groups excluding carboxylic acids is 2. The van der Waals surface area contributed by atoms with E-state index in [1.165, 1.54) is 103 Å². The monoisotopic (exact) mass is 829 g/mol. The number of allylic oxidation sites excluding steroid dienone is 6. The molecular weight excluding hydrogens is 743 g/mol. The van der Waals surface area contributed by atoms with Crippen molar-refractivity contribution in [1.29, 1.82) is 0 Å². The lowest BCUT2D eigenvalue weighted by atomic mass is 10.1. The molecule has 0 fully saturated rings. The summed E-state index contributed by atoms with van der Waals surface area (Å²) >= 11 is 0. The maximum Gasteiger partial charge on any atom is 0.472 e. The van der Waals surface area contributed by atoms with E-state index in [-0.39, 0.29) is 12.8 Å².